The molecule has 0 aliphatic carbocycles. The highest BCUT2D eigenvalue weighted by molar-refractivity contribution is 5.43. The van der Waals surface area contributed by atoms with E-state index in [2.05, 4.69) is 15.1 Å². The summed E-state index contributed by atoms with van der Waals surface area (Å²) in [5.74, 6) is 0.419. The molecular formula is C14H13N5O. The standard InChI is InChI=1S/C14H13N5O/c1-10-12(15)7-8-13(17-10)20-14-16-9-19(18-14)11-5-3-2-4-6-11/h2-9H,15H2,1H3. The summed E-state index contributed by atoms with van der Waals surface area (Å²) >= 11 is 0. The lowest BCUT2D eigenvalue weighted by Gasteiger charge is -2.03. The van der Waals surface area contributed by atoms with Crippen molar-refractivity contribution in [3.05, 3.63) is 54.5 Å². The largest absolute Gasteiger partial charge is 0.404 e. The Morgan fingerprint density at radius 3 is 2.65 bits per heavy atom. The maximum Gasteiger partial charge on any atom is 0.342 e. The predicted molar refractivity (Wildman–Crippen MR) is 74.8 cm³/mol. The first-order chi connectivity index (χ1) is 9.72. The molecular weight excluding hydrogens is 254 g/mol. The Kier molecular flexibility index (Phi) is 3.04. The number of aryl methyl sites for hydroxylation is 1. The van der Waals surface area contributed by atoms with Crippen LogP contribution in [0.1, 0.15) is 5.69 Å². The lowest BCUT2D eigenvalue weighted by atomic mass is 10.3. The second kappa shape index (κ2) is 5.00. The Morgan fingerprint density at radius 1 is 1.10 bits per heavy atom. The number of pyridine rings is 1. The molecule has 6 nitrogen and oxygen atoms in total. The van der Waals surface area contributed by atoms with Crippen molar-refractivity contribution in [3.8, 4) is 17.6 Å². The number of ether oxygens (including phenoxy) is 1. The Labute approximate surface area is 115 Å². The van der Waals surface area contributed by atoms with Gasteiger partial charge >= 0.3 is 6.01 Å². The van der Waals surface area contributed by atoms with Gasteiger partial charge in [-0.05, 0) is 25.1 Å². The summed E-state index contributed by atoms with van der Waals surface area (Å²) in [5.41, 5.74) is 7.96. The lowest BCUT2D eigenvalue weighted by molar-refractivity contribution is 0.424. The van der Waals surface area contributed by atoms with Gasteiger partial charge in [-0.3, -0.25) is 0 Å². The van der Waals surface area contributed by atoms with Gasteiger partial charge < -0.3 is 10.5 Å². The third kappa shape index (κ3) is 2.44. The minimum Gasteiger partial charge on any atom is -0.404 e. The smallest absolute Gasteiger partial charge is 0.342 e. The SMILES string of the molecule is Cc1nc(Oc2ncn(-c3ccccc3)n2)ccc1N. The normalized spacial score (nSPS) is 10.4. The third-order valence-corrected chi connectivity index (χ3v) is 2.79. The lowest BCUT2D eigenvalue weighted by Crippen LogP contribution is -1.97. The van der Waals surface area contributed by atoms with Crippen LogP contribution in [-0.4, -0.2) is 19.7 Å². The summed E-state index contributed by atoms with van der Waals surface area (Å²) in [6.45, 7) is 1.82. The number of nitrogens with two attached hydrogens (primary N) is 1. The fourth-order valence-electron chi connectivity index (χ4n) is 1.70. The molecule has 0 atom stereocenters. The molecule has 0 saturated carbocycles. The van der Waals surface area contributed by atoms with Crippen molar-refractivity contribution in [2.45, 2.75) is 6.92 Å². The molecule has 0 aliphatic heterocycles. The van der Waals surface area contributed by atoms with Gasteiger partial charge in [-0.1, -0.05) is 18.2 Å². The molecule has 0 amide bonds. The molecule has 0 aliphatic rings. The number of aromatic nitrogens is 4. The van der Waals surface area contributed by atoms with Crippen molar-refractivity contribution in [2.75, 3.05) is 5.73 Å². The number of hydrogen-bond acceptors (Lipinski definition) is 5. The third-order valence-electron chi connectivity index (χ3n) is 2.79. The Balaban J connectivity index is 1.82. The van der Waals surface area contributed by atoms with Gasteiger partial charge in [-0.25, -0.2) is 9.67 Å². The molecule has 100 valence electrons. The van der Waals surface area contributed by atoms with Crippen molar-refractivity contribution in [2.24, 2.45) is 0 Å². The number of hydrogen-bond donors (Lipinski definition) is 1. The van der Waals surface area contributed by atoms with Crippen molar-refractivity contribution >= 4 is 5.69 Å². The Morgan fingerprint density at radius 2 is 1.90 bits per heavy atom. The number of benzene rings is 1. The molecule has 0 bridgehead atoms. The first-order valence-corrected chi connectivity index (χ1v) is 6.10. The van der Waals surface area contributed by atoms with Crippen LogP contribution in [0.4, 0.5) is 5.69 Å². The van der Waals surface area contributed by atoms with Crippen molar-refractivity contribution < 1.29 is 4.74 Å². The summed E-state index contributed by atoms with van der Waals surface area (Å²) < 4.78 is 7.14. The average molecular weight is 267 g/mol. The molecule has 2 heterocycles. The molecule has 2 N–H and O–H groups in total. The van der Waals surface area contributed by atoms with Gasteiger partial charge in [0.1, 0.15) is 6.33 Å². The van der Waals surface area contributed by atoms with Crippen LogP contribution in [0, 0.1) is 6.92 Å². The van der Waals surface area contributed by atoms with Gasteiger partial charge in [0, 0.05) is 6.07 Å². The molecule has 0 saturated heterocycles. The van der Waals surface area contributed by atoms with Crippen LogP contribution in [0.5, 0.6) is 11.9 Å². The van der Waals surface area contributed by atoms with E-state index in [0.717, 1.165) is 5.69 Å². The zero-order valence-corrected chi connectivity index (χ0v) is 10.9. The van der Waals surface area contributed by atoms with E-state index >= 15 is 0 Å². The molecule has 0 unspecified atom stereocenters. The van der Waals surface area contributed by atoms with Crippen LogP contribution in [-0.2, 0) is 0 Å². The maximum atomic E-state index is 5.71. The summed E-state index contributed by atoms with van der Waals surface area (Å²) in [7, 11) is 0. The summed E-state index contributed by atoms with van der Waals surface area (Å²) in [5, 5.41) is 4.24. The van der Waals surface area contributed by atoms with E-state index < -0.39 is 0 Å². The van der Waals surface area contributed by atoms with Gasteiger partial charge in [0.25, 0.3) is 0 Å². The van der Waals surface area contributed by atoms with E-state index in [1.165, 1.54) is 0 Å². The molecule has 2 aromatic heterocycles. The zero-order valence-electron chi connectivity index (χ0n) is 10.9. The van der Waals surface area contributed by atoms with Gasteiger partial charge in [0.05, 0.1) is 17.1 Å². The van der Waals surface area contributed by atoms with Gasteiger partial charge in [0.15, 0.2) is 0 Å². The number of anilines is 1. The fourth-order valence-corrected chi connectivity index (χ4v) is 1.70. The first kappa shape index (κ1) is 12.2. The Hall–Kier alpha value is -2.89. The van der Waals surface area contributed by atoms with E-state index in [-0.39, 0.29) is 6.01 Å². The maximum absolute atomic E-state index is 5.71. The fraction of sp³-hybridized carbons (Fsp3) is 0.0714. The second-order valence-corrected chi connectivity index (χ2v) is 4.23. The van der Waals surface area contributed by atoms with E-state index in [1.807, 2.05) is 37.3 Å². The molecule has 6 heteroatoms. The predicted octanol–water partition coefficient (Wildman–Crippen LogP) is 2.35. The van der Waals surface area contributed by atoms with Crippen LogP contribution < -0.4 is 10.5 Å². The minimum atomic E-state index is 0.241. The molecule has 0 fully saturated rings. The highest BCUT2D eigenvalue weighted by atomic mass is 16.5. The van der Waals surface area contributed by atoms with Crippen molar-refractivity contribution in [1.29, 1.82) is 0 Å². The average Bonchev–Trinajstić information content (AvgIpc) is 2.92. The molecule has 0 radical (unpaired) electrons. The first-order valence-electron chi connectivity index (χ1n) is 6.10. The summed E-state index contributed by atoms with van der Waals surface area (Å²) in [4.78, 5) is 8.31. The molecule has 3 aromatic rings. The monoisotopic (exact) mass is 267 g/mol. The second-order valence-electron chi connectivity index (χ2n) is 4.23. The molecule has 1 aromatic carbocycles. The van der Waals surface area contributed by atoms with Crippen molar-refractivity contribution in [1.82, 2.24) is 19.7 Å². The minimum absolute atomic E-state index is 0.241. The van der Waals surface area contributed by atoms with Gasteiger partial charge in [-0.15, -0.1) is 5.10 Å². The van der Waals surface area contributed by atoms with E-state index in [4.69, 9.17) is 10.5 Å². The number of rotatable bonds is 3. The summed E-state index contributed by atoms with van der Waals surface area (Å²) in [6.07, 6.45) is 1.59. The molecule has 3 rings (SSSR count). The highest BCUT2D eigenvalue weighted by Crippen LogP contribution is 2.18. The molecule has 0 spiro atoms. The quantitative estimate of drug-likeness (QED) is 0.788. The summed E-state index contributed by atoms with van der Waals surface area (Å²) in [6, 6.07) is 13.3. The van der Waals surface area contributed by atoms with Crippen LogP contribution >= 0.6 is 0 Å². The number of nitrogen functional groups attached to an aromatic ring is 1. The van der Waals surface area contributed by atoms with Gasteiger partial charge in [0.2, 0.25) is 5.88 Å². The van der Waals surface area contributed by atoms with Crippen LogP contribution in [0.3, 0.4) is 0 Å². The van der Waals surface area contributed by atoms with Crippen molar-refractivity contribution in [3.63, 3.8) is 0 Å². The van der Waals surface area contributed by atoms with E-state index in [1.54, 1.807) is 23.1 Å². The topological polar surface area (TPSA) is 78.9 Å². The van der Waals surface area contributed by atoms with Crippen LogP contribution in [0.25, 0.3) is 5.69 Å². The van der Waals surface area contributed by atoms with Gasteiger partial charge in [-0.2, -0.15) is 4.98 Å². The number of para-hydroxylation sites is 1. The molecule has 20 heavy (non-hydrogen) atoms. The highest BCUT2D eigenvalue weighted by Gasteiger charge is 2.06. The zero-order chi connectivity index (χ0) is 13.9. The Bertz CT molecular complexity index is 723. The van der Waals surface area contributed by atoms with Crippen LogP contribution in [0.15, 0.2) is 48.8 Å². The van der Waals surface area contributed by atoms with E-state index in [9.17, 15) is 0 Å². The van der Waals surface area contributed by atoms with E-state index in [0.29, 0.717) is 17.3 Å². The van der Waals surface area contributed by atoms with Crippen LogP contribution in [0.2, 0.25) is 0 Å². The number of nitrogens with zero attached hydrogens (tertiary/aromatic N) is 4.